The lowest BCUT2D eigenvalue weighted by atomic mass is 9.77. The number of hydrogen-bond donors (Lipinski definition) is 6. The van der Waals surface area contributed by atoms with Crippen LogP contribution in [-0.2, 0) is 9.59 Å². The van der Waals surface area contributed by atoms with Crippen LogP contribution in [0.4, 0.5) is 4.39 Å². The van der Waals surface area contributed by atoms with Crippen LogP contribution in [0.15, 0.2) is 18.2 Å². The predicted molar refractivity (Wildman–Crippen MR) is 109 cm³/mol. The number of primary amides is 1. The highest BCUT2D eigenvalue weighted by Gasteiger charge is 2.49. The molecule has 0 saturated heterocycles. The SMILES string of the molecule is CC(C)C[C@@H](NC(=O)[C@]1(O)C[C@@H](O)[C@H](O)[C@@H](NC(=O)c2ccc(F)c(Cl)c2)C1)C(N)=O. The Balaban J connectivity index is 2.17. The van der Waals surface area contributed by atoms with E-state index in [0.717, 1.165) is 12.1 Å². The second kappa shape index (κ2) is 9.90. The Labute approximate surface area is 183 Å². The van der Waals surface area contributed by atoms with Gasteiger partial charge in [-0.15, -0.1) is 0 Å². The summed E-state index contributed by atoms with van der Waals surface area (Å²) < 4.78 is 13.3. The molecule has 3 amide bonds. The minimum Gasteiger partial charge on any atom is -0.390 e. The van der Waals surface area contributed by atoms with E-state index in [9.17, 15) is 34.1 Å². The van der Waals surface area contributed by atoms with Gasteiger partial charge in [0, 0.05) is 18.4 Å². The maximum absolute atomic E-state index is 13.3. The normalized spacial score (nSPS) is 26.9. The molecule has 172 valence electrons. The molecule has 0 bridgehead atoms. The zero-order valence-electron chi connectivity index (χ0n) is 17.1. The first-order valence-electron chi connectivity index (χ1n) is 9.78. The molecule has 0 radical (unpaired) electrons. The minimum absolute atomic E-state index is 0.0163. The van der Waals surface area contributed by atoms with Gasteiger partial charge in [0.2, 0.25) is 5.91 Å². The predicted octanol–water partition coefficient (Wildman–Crippen LogP) is -0.160. The van der Waals surface area contributed by atoms with E-state index in [2.05, 4.69) is 10.6 Å². The maximum Gasteiger partial charge on any atom is 0.252 e. The van der Waals surface area contributed by atoms with Crippen molar-refractivity contribution in [3.8, 4) is 0 Å². The fourth-order valence-electron chi connectivity index (χ4n) is 3.52. The van der Waals surface area contributed by atoms with Crippen LogP contribution in [0, 0.1) is 11.7 Å². The summed E-state index contributed by atoms with van der Waals surface area (Å²) in [6.07, 6.45) is -3.72. The fourth-order valence-corrected chi connectivity index (χ4v) is 3.70. The van der Waals surface area contributed by atoms with Gasteiger partial charge in [0.15, 0.2) is 0 Å². The Morgan fingerprint density at radius 3 is 2.48 bits per heavy atom. The highest BCUT2D eigenvalue weighted by molar-refractivity contribution is 6.31. The molecular weight excluding hydrogens is 433 g/mol. The number of amides is 3. The molecule has 1 aromatic rings. The number of aliphatic hydroxyl groups excluding tert-OH is 2. The van der Waals surface area contributed by atoms with Crippen molar-refractivity contribution in [1.82, 2.24) is 10.6 Å². The third kappa shape index (κ3) is 6.13. The number of aliphatic hydroxyl groups is 3. The van der Waals surface area contributed by atoms with Crippen molar-refractivity contribution in [1.29, 1.82) is 0 Å². The van der Waals surface area contributed by atoms with Crippen LogP contribution in [0.5, 0.6) is 0 Å². The molecule has 0 aromatic heterocycles. The van der Waals surface area contributed by atoms with Gasteiger partial charge in [-0.3, -0.25) is 14.4 Å². The number of halogens is 2. The molecule has 0 heterocycles. The van der Waals surface area contributed by atoms with Crippen molar-refractivity contribution in [2.24, 2.45) is 11.7 Å². The number of nitrogens with one attached hydrogen (secondary N) is 2. The first-order chi connectivity index (χ1) is 14.3. The highest BCUT2D eigenvalue weighted by atomic mass is 35.5. The molecular formula is C20H27ClFN3O6. The lowest BCUT2D eigenvalue weighted by Gasteiger charge is -2.41. The van der Waals surface area contributed by atoms with Gasteiger partial charge in [-0.2, -0.15) is 0 Å². The quantitative estimate of drug-likeness (QED) is 0.332. The number of benzene rings is 1. The van der Waals surface area contributed by atoms with Gasteiger partial charge in [0.25, 0.3) is 11.8 Å². The fraction of sp³-hybridized carbons (Fsp3) is 0.550. The van der Waals surface area contributed by atoms with Crippen LogP contribution >= 0.6 is 11.6 Å². The largest absolute Gasteiger partial charge is 0.390 e. The molecule has 0 spiro atoms. The van der Waals surface area contributed by atoms with Crippen LogP contribution < -0.4 is 16.4 Å². The molecule has 11 heteroatoms. The van der Waals surface area contributed by atoms with Crippen LogP contribution in [0.3, 0.4) is 0 Å². The highest BCUT2D eigenvalue weighted by Crippen LogP contribution is 2.30. The molecule has 1 fully saturated rings. The second-order valence-corrected chi connectivity index (χ2v) is 8.67. The van der Waals surface area contributed by atoms with Crippen molar-refractivity contribution in [3.63, 3.8) is 0 Å². The molecule has 5 atom stereocenters. The van der Waals surface area contributed by atoms with Gasteiger partial charge in [0.05, 0.1) is 17.2 Å². The van der Waals surface area contributed by atoms with Crippen molar-refractivity contribution in [2.75, 3.05) is 0 Å². The van der Waals surface area contributed by atoms with Gasteiger partial charge in [-0.1, -0.05) is 25.4 Å². The summed E-state index contributed by atoms with van der Waals surface area (Å²) in [5.41, 5.74) is 3.12. The van der Waals surface area contributed by atoms with E-state index in [0.29, 0.717) is 0 Å². The van der Waals surface area contributed by atoms with Gasteiger partial charge < -0.3 is 31.7 Å². The lowest BCUT2D eigenvalue weighted by molar-refractivity contribution is -0.159. The summed E-state index contributed by atoms with van der Waals surface area (Å²) in [4.78, 5) is 36.8. The molecule has 31 heavy (non-hydrogen) atoms. The van der Waals surface area contributed by atoms with E-state index >= 15 is 0 Å². The third-order valence-electron chi connectivity index (χ3n) is 5.19. The molecule has 1 aliphatic carbocycles. The zero-order valence-corrected chi connectivity index (χ0v) is 17.9. The summed E-state index contributed by atoms with van der Waals surface area (Å²) in [5.74, 6) is -3.17. The van der Waals surface area contributed by atoms with Gasteiger partial charge in [-0.25, -0.2) is 4.39 Å². The number of carbonyl (C=O) groups excluding carboxylic acids is 3. The van der Waals surface area contributed by atoms with E-state index < -0.39 is 66.3 Å². The molecule has 1 aliphatic rings. The van der Waals surface area contributed by atoms with Crippen LogP contribution in [0.25, 0.3) is 0 Å². The van der Waals surface area contributed by atoms with E-state index in [1.54, 1.807) is 0 Å². The molecule has 9 nitrogen and oxygen atoms in total. The van der Waals surface area contributed by atoms with Gasteiger partial charge in [0.1, 0.15) is 23.6 Å². The molecule has 0 unspecified atom stereocenters. The number of nitrogens with two attached hydrogens (primary N) is 1. The molecule has 2 rings (SSSR count). The number of rotatable bonds is 7. The Morgan fingerprint density at radius 2 is 1.94 bits per heavy atom. The second-order valence-electron chi connectivity index (χ2n) is 8.26. The standard InChI is InChI=1S/C20H27ClFN3O6/c1-9(2)5-13(17(23)28)25-19(30)20(31)7-14(16(27)15(26)8-20)24-18(29)10-3-4-12(22)11(21)6-10/h3-4,6,9,13-16,26-27,31H,5,7-8H2,1-2H3,(H2,23,28)(H,24,29)(H,25,30)/t13-,14+,15-,16-,20-/m1/s1. The third-order valence-corrected chi connectivity index (χ3v) is 5.48. The Kier molecular flexibility index (Phi) is 7.98. The molecule has 1 saturated carbocycles. The van der Waals surface area contributed by atoms with E-state index in [1.807, 2.05) is 13.8 Å². The first-order valence-corrected chi connectivity index (χ1v) is 10.2. The van der Waals surface area contributed by atoms with Crippen molar-refractivity contribution in [2.45, 2.75) is 63.0 Å². The zero-order chi connectivity index (χ0) is 23.5. The first kappa shape index (κ1) is 25.0. The van der Waals surface area contributed by atoms with E-state index in [4.69, 9.17) is 17.3 Å². The molecule has 7 N–H and O–H groups in total. The van der Waals surface area contributed by atoms with Crippen LogP contribution in [0.1, 0.15) is 43.5 Å². The Hall–Kier alpha value is -2.27. The molecule has 0 aliphatic heterocycles. The van der Waals surface area contributed by atoms with Gasteiger partial charge >= 0.3 is 0 Å². The Morgan fingerprint density at radius 1 is 1.29 bits per heavy atom. The smallest absolute Gasteiger partial charge is 0.252 e. The van der Waals surface area contributed by atoms with Crippen molar-refractivity contribution >= 4 is 29.3 Å². The number of hydrogen-bond acceptors (Lipinski definition) is 6. The van der Waals surface area contributed by atoms with E-state index in [1.165, 1.54) is 6.07 Å². The van der Waals surface area contributed by atoms with Crippen LogP contribution in [-0.4, -0.2) is 62.9 Å². The topological polar surface area (TPSA) is 162 Å². The number of carbonyl (C=O) groups is 3. The monoisotopic (exact) mass is 459 g/mol. The Bertz CT molecular complexity index is 854. The summed E-state index contributed by atoms with van der Waals surface area (Å²) in [6.45, 7) is 3.65. The summed E-state index contributed by atoms with van der Waals surface area (Å²) in [5, 5.41) is 35.8. The summed E-state index contributed by atoms with van der Waals surface area (Å²) >= 11 is 5.67. The lowest BCUT2D eigenvalue weighted by Crippen LogP contribution is -2.64. The summed E-state index contributed by atoms with van der Waals surface area (Å²) in [6, 6.07) is 0.999. The average molecular weight is 460 g/mol. The van der Waals surface area contributed by atoms with E-state index in [-0.39, 0.29) is 22.9 Å². The van der Waals surface area contributed by atoms with Crippen molar-refractivity contribution in [3.05, 3.63) is 34.6 Å². The van der Waals surface area contributed by atoms with Gasteiger partial charge in [-0.05, 0) is 30.5 Å². The average Bonchev–Trinajstić information content (AvgIpc) is 2.66. The van der Waals surface area contributed by atoms with Crippen LogP contribution in [0.2, 0.25) is 5.02 Å². The summed E-state index contributed by atoms with van der Waals surface area (Å²) in [7, 11) is 0. The molecule has 1 aromatic carbocycles. The maximum atomic E-state index is 13.3. The minimum atomic E-state index is -2.18. The van der Waals surface area contributed by atoms with Crippen molar-refractivity contribution < 1.29 is 34.1 Å².